The molecule has 1 aromatic heterocycles. The molecular weight excluding hydrogens is 394 g/mol. The molecule has 144 valence electrons. The SMILES string of the molecule is C[C@@H](Sc1nc2ccccc2c(=O)n1-c1ccccc1Cl)C(=O)N1CCCC1. The van der Waals surface area contributed by atoms with Crippen molar-refractivity contribution in [3.05, 3.63) is 63.9 Å². The molecule has 0 aliphatic carbocycles. The predicted octanol–water partition coefficient (Wildman–Crippen LogP) is 4.14. The first kappa shape index (κ1) is 19.0. The number of carbonyl (C=O) groups excluding carboxylic acids is 1. The van der Waals surface area contributed by atoms with Gasteiger partial charge in [-0.05, 0) is 44.0 Å². The van der Waals surface area contributed by atoms with Crippen LogP contribution in [-0.2, 0) is 4.79 Å². The van der Waals surface area contributed by atoms with Crippen LogP contribution in [-0.4, -0.2) is 38.7 Å². The lowest BCUT2D eigenvalue weighted by Crippen LogP contribution is -2.34. The molecule has 1 aliphatic rings. The molecule has 28 heavy (non-hydrogen) atoms. The van der Waals surface area contributed by atoms with Crippen LogP contribution >= 0.6 is 23.4 Å². The minimum Gasteiger partial charge on any atom is -0.342 e. The quantitative estimate of drug-likeness (QED) is 0.476. The first-order chi connectivity index (χ1) is 13.6. The third kappa shape index (κ3) is 3.54. The van der Waals surface area contributed by atoms with E-state index in [4.69, 9.17) is 16.6 Å². The standard InChI is InChI=1S/C21H20ClN3O2S/c1-14(19(26)24-12-6-7-13-24)28-21-23-17-10-4-2-8-15(17)20(27)25(21)18-11-5-3-9-16(18)22/h2-5,8-11,14H,6-7,12-13H2,1H3/t14-/m1/s1. The van der Waals surface area contributed by atoms with Gasteiger partial charge in [0.25, 0.3) is 5.56 Å². The average Bonchev–Trinajstić information content (AvgIpc) is 3.23. The molecule has 0 spiro atoms. The number of aromatic nitrogens is 2. The van der Waals surface area contributed by atoms with Gasteiger partial charge in [-0.3, -0.25) is 14.2 Å². The number of rotatable bonds is 4. The van der Waals surface area contributed by atoms with Crippen molar-refractivity contribution in [2.24, 2.45) is 0 Å². The first-order valence-electron chi connectivity index (χ1n) is 9.28. The van der Waals surface area contributed by atoms with Gasteiger partial charge in [-0.15, -0.1) is 0 Å². The molecule has 1 amide bonds. The van der Waals surface area contributed by atoms with Gasteiger partial charge in [-0.2, -0.15) is 0 Å². The Kier molecular flexibility index (Phi) is 5.42. The van der Waals surface area contributed by atoms with E-state index in [1.807, 2.05) is 42.2 Å². The number of benzene rings is 2. The molecule has 3 aromatic rings. The zero-order valence-electron chi connectivity index (χ0n) is 15.5. The third-order valence-electron chi connectivity index (χ3n) is 4.89. The summed E-state index contributed by atoms with van der Waals surface area (Å²) in [5.74, 6) is 0.0793. The lowest BCUT2D eigenvalue weighted by molar-refractivity contribution is -0.129. The topological polar surface area (TPSA) is 55.2 Å². The normalized spacial score (nSPS) is 15.1. The number of halogens is 1. The highest BCUT2D eigenvalue weighted by atomic mass is 35.5. The molecule has 5 nitrogen and oxygen atoms in total. The van der Waals surface area contributed by atoms with Crippen LogP contribution in [0.5, 0.6) is 0 Å². The summed E-state index contributed by atoms with van der Waals surface area (Å²) in [4.78, 5) is 32.6. The smallest absolute Gasteiger partial charge is 0.266 e. The lowest BCUT2D eigenvalue weighted by Gasteiger charge is -2.21. The highest BCUT2D eigenvalue weighted by Gasteiger charge is 2.26. The van der Waals surface area contributed by atoms with Gasteiger partial charge in [0.15, 0.2) is 5.16 Å². The predicted molar refractivity (Wildman–Crippen MR) is 113 cm³/mol. The van der Waals surface area contributed by atoms with Gasteiger partial charge in [0.1, 0.15) is 0 Å². The maximum absolute atomic E-state index is 13.3. The van der Waals surface area contributed by atoms with Crippen LogP contribution in [0.25, 0.3) is 16.6 Å². The number of carbonyl (C=O) groups is 1. The van der Waals surface area contributed by atoms with Crippen molar-refractivity contribution >= 4 is 40.2 Å². The Morgan fingerprint density at radius 1 is 1.11 bits per heavy atom. The minimum absolute atomic E-state index is 0.0793. The largest absolute Gasteiger partial charge is 0.342 e. The zero-order chi connectivity index (χ0) is 19.7. The van der Waals surface area contributed by atoms with E-state index in [1.54, 1.807) is 18.2 Å². The van der Waals surface area contributed by atoms with E-state index in [0.717, 1.165) is 25.9 Å². The molecule has 1 saturated heterocycles. The van der Waals surface area contributed by atoms with Crippen LogP contribution in [0.1, 0.15) is 19.8 Å². The summed E-state index contributed by atoms with van der Waals surface area (Å²) in [7, 11) is 0. The summed E-state index contributed by atoms with van der Waals surface area (Å²) < 4.78 is 1.52. The molecule has 2 heterocycles. The van der Waals surface area contributed by atoms with Crippen LogP contribution in [0.2, 0.25) is 5.02 Å². The van der Waals surface area contributed by atoms with Crippen molar-refractivity contribution in [2.75, 3.05) is 13.1 Å². The van der Waals surface area contributed by atoms with E-state index in [2.05, 4.69) is 0 Å². The molecule has 1 fully saturated rings. The molecule has 0 radical (unpaired) electrons. The molecular formula is C21H20ClN3O2S. The van der Waals surface area contributed by atoms with Crippen LogP contribution in [0, 0.1) is 0 Å². The number of nitrogens with zero attached hydrogens (tertiary/aromatic N) is 3. The molecule has 0 saturated carbocycles. The number of fused-ring (bicyclic) bond motifs is 1. The fraction of sp³-hybridized carbons (Fsp3) is 0.286. The van der Waals surface area contributed by atoms with Crippen molar-refractivity contribution in [3.63, 3.8) is 0 Å². The fourth-order valence-corrected chi connectivity index (χ4v) is 4.66. The first-order valence-corrected chi connectivity index (χ1v) is 10.5. The van der Waals surface area contributed by atoms with Crippen molar-refractivity contribution in [3.8, 4) is 5.69 Å². The number of amides is 1. The second-order valence-electron chi connectivity index (χ2n) is 6.80. The fourth-order valence-electron chi connectivity index (χ4n) is 3.44. The molecule has 1 aliphatic heterocycles. The van der Waals surface area contributed by atoms with Gasteiger partial charge in [-0.25, -0.2) is 4.98 Å². The van der Waals surface area contributed by atoms with E-state index in [0.29, 0.717) is 26.8 Å². The minimum atomic E-state index is -0.347. The summed E-state index contributed by atoms with van der Waals surface area (Å²) in [6, 6.07) is 14.4. The molecule has 0 N–H and O–H groups in total. The van der Waals surface area contributed by atoms with Gasteiger partial charge < -0.3 is 4.90 Å². The van der Waals surface area contributed by atoms with Gasteiger partial charge in [0, 0.05) is 13.1 Å². The summed E-state index contributed by atoms with van der Waals surface area (Å²) in [6.07, 6.45) is 2.09. The molecule has 7 heteroatoms. The maximum atomic E-state index is 13.3. The number of thioether (sulfide) groups is 1. The number of hydrogen-bond donors (Lipinski definition) is 0. The molecule has 0 unspecified atom stereocenters. The van der Waals surface area contributed by atoms with Gasteiger partial charge >= 0.3 is 0 Å². The van der Waals surface area contributed by atoms with Crippen LogP contribution < -0.4 is 5.56 Å². The summed E-state index contributed by atoms with van der Waals surface area (Å²) in [6.45, 7) is 3.46. The Balaban J connectivity index is 1.82. The van der Waals surface area contributed by atoms with Crippen molar-refractivity contribution < 1.29 is 4.79 Å². The summed E-state index contributed by atoms with van der Waals surface area (Å²) >= 11 is 7.68. The van der Waals surface area contributed by atoms with E-state index in [-0.39, 0.29) is 16.7 Å². The second-order valence-corrected chi connectivity index (χ2v) is 8.51. The lowest BCUT2D eigenvalue weighted by atomic mass is 10.2. The van der Waals surface area contributed by atoms with E-state index >= 15 is 0 Å². The second kappa shape index (κ2) is 7.97. The Bertz CT molecular complexity index is 1090. The third-order valence-corrected chi connectivity index (χ3v) is 6.25. The molecule has 2 aromatic carbocycles. The van der Waals surface area contributed by atoms with Gasteiger partial charge in [0.05, 0.1) is 26.9 Å². The van der Waals surface area contributed by atoms with E-state index < -0.39 is 0 Å². The van der Waals surface area contributed by atoms with Gasteiger partial charge in [0.2, 0.25) is 5.91 Å². The van der Waals surface area contributed by atoms with E-state index in [1.165, 1.54) is 16.3 Å². The number of para-hydroxylation sites is 2. The van der Waals surface area contributed by atoms with Crippen molar-refractivity contribution in [1.82, 2.24) is 14.5 Å². The molecule has 0 bridgehead atoms. The summed E-state index contributed by atoms with van der Waals surface area (Å²) in [5, 5.41) is 1.10. The van der Waals surface area contributed by atoms with E-state index in [9.17, 15) is 9.59 Å². The Hall–Kier alpha value is -2.31. The zero-order valence-corrected chi connectivity index (χ0v) is 17.0. The maximum Gasteiger partial charge on any atom is 0.266 e. The Labute approximate surface area is 172 Å². The Morgan fingerprint density at radius 2 is 1.79 bits per heavy atom. The number of likely N-dealkylation sites (tertiary alicyclic amines) is 1. The van der Waals surface area contributed by atoms with Crippen LogP contribution in [0.15, 0.2) is 58.5 Å². The highest BCUT2D eigenvalue weighted by molar-refractivity contribution is 8.00. The summed E-state index contributed by atoms with van der Waals surface area (Å²) in [5.41, 5.74) is 0.983. The van der Waals surface area contributed by atoms with Gasteiger partial charge in [-0.1, -0.05) is 47.6 Å². The Morgan fingerprint density at radius 3 is 2.54 bits per heavy atom. The van der Waals surface area contributed by atoms with Crippen molar-refractivity contribution in [1.29, 1.82) is 0 Å². The monoisotopic (exact) mass is 413 g/mol. The van der Waals surface area contributed by atoms with Crippen molar-refractivity contribution in [2.45, 2.75) is 30.2 Å². The number of hydrogen-bond acceptors (Lipinski definition) is 4. The highest BCUT2D eigenvalue weighted by Crippen LogP contribution is 2.29. The molecule has 4 rings (SSSR count). The van der Waals surface area contributed by atoms with Crippen LogP contribution in [0.4, 0.5) is 0 Å². The van der Waals surface area contributed by atoms with Crippen LogP contribution in [0.3, 0.4) is 0 Å². The average molecular weight is 414 g/mol. The molecule has 1 atom stereocenters.